The van der Waals surface area contributed by atoms with Crippen molar-refractivity contribution in [2.24, 2.45) is 4.99 Å². The number of rotatable bonds is 6. The SMILES string of the molecule is Cc1ccc(NC(=O)CC2SC(=Nc3ccc(F)cc3F)N(CC(=O)N(C)C)C2=O)c(C)c1. The van der Waals surface area contributed by atoms with Gasteiger partial charge in [0, 0.05) is 32.3 Å². The highest BCUT2D eigenvalue weighted by molar-refractivity contribution is 8.15. The summed E-state index contributed by atoms with van der Waals surface area (Å²) in [5.74, 6) is -2.87. The second kappa shape index (κ2) is 10.1. The lowest BCUT2D eigenvalue weighted by Crippen LogP contribution is -2.41. The number of halogens is 2. The molecular formula is C23H24F2N4O3S. The molecule has 174 valence electrons. The van der Waals surface area contributed by atoms with Gasteiger partial charge >= 0.3 is 0 Å². The van der Waals surface area contributed by atoms with Crippen LogP contribution in [0.15, 0.2) is 41.4 Å². The first-order chi connectivity index (χ1) is 15.5. The van der Waals surface area contributed by atoms with E-state index in [-0.39, 0.29) is 35.6 Å². The Hall–Kier alpha value is -3.27. The number of anilines is 1. The van der Waals surface area contributed by atoms with Gasteiger partial charge in [0.15, 0.2) is 11.0 Å². The number of amides is 3. The van der Waals surface area contributed by atoms with Gasteiger partial charge in [-0.15, -0.1) is 0 Å². The third-order valence-corrected chi connectivity index (χ3v) is 6.14. The largest absolute Gasteiger partial charge is 0.347 e. The number of carbonyl (C=O) groups is 3. The summed E-state index contributed by atoms with van der Waals surface area (Å²) in [6.45, 7) is 3.51. The number of benzene rings is 2. The first-order valence-electron chi connectivity index (χ1n) is 10.1. The van der Waals surface area contributed by atoms with Crippen LogP contribution in [0.3, 0.4) is 0 Å². The third-order valence-electron chi connectivity index (χ3n) is 4.96. The fourth-order valence-corrected chi connectivity index (χ4v) is 4.30. The maximum absolute atomic E-state index is 14.1. The Kier molecular flexibility index (Phi) is 7.47. The Labute approximate surface area is 194 Å². The fourth-order valence-electron chi connectivity index (χ4n) is 3.15. The molecule has 0 saturated carbocycles. The minimum atomic E-state index is -0.898. The Bertz CT molecular complexity index is 1140. The van der Waals surface area contributed by atoms with E-state index in [2.05, 4.69) is 10.3 Å². The number of likely N-dealkylation sites (N-methyl/N-ethyl adjacent to an activating group) is 1. The number of thioether (sulfide) groups is 1. The van der Waals surface area contributed by atoms with Crippen LogP contribution in [0.5, 0.6) is 0 Å². The van der Waals surface area contributed by atoms with E-state index in [9.17, 15) is 23.2 Å². The molecule has 0 bridgehead atoms. The van der Waals surface area contributed by atoms with Gasteiger partial charge in [0.25, 0.3) is 0 Å². The molecule has 1 saturated heterocycles. The van der Waals surface area contributed by atoms with Crippen LogP contribution >= 0.6 is 11.8 Å². The maximum atomic E-state index is 14.1. The normalized spacial score (nSPS) is 16.9. The number of nitrogens with zero attached hydrogens (tertiary/aromatic N) is 3. The number of aliphatic imine (C=N–C) groups is 1. The molecule has 2 aromatic rings. The van der Waals surface area contributed by atoms with E-state index in [0.717, 1.165) is 39.9 Å². The molecule has 1 aliphatic rings. The molecule has 0 radical (unpaired) electrons. The number of amidine groups is 1. The maximum Gasteiger partial charge on any atom is 0.243 e. The molecule has 1 heterocycles. The van der Waals surface area contributed by atoms with E-state index in [4.69, 9.17) is 0 Å². The van der Waals surface area contributed by atoms with Gasteiger partial charge < -0.3 is 10.2 Å². The van der Waals surface area contributed by atoms with Crippen LogP contribution in [0.2, 0.25) is 0 Å². The highest BCUT2D eigenvalue weighted by Gasteiger charge is 2.40. The summed E-state index contributed by atoms with van der Waals surface area (Å²) in [7, 11) is 3.09. The van der Waals surface area contributed by atoms with E-state index in [0.29, 0.717) is 11.8 Å². The smallest absolute Gasteiger partial charge is 0.243 e. The van der Waals surface area contributed by atoms with Crippen LogP contribution in [0.4, 0.5) is 20.2 Å². The Morgan fingerprint density at radius 3 is 2.52 bits per heavy atom. The number of carbonyl (C=O) groups excluding carboxylic acids is 3. The molecule has 33 heavy (non-hydrogen) atoms. The average Bonchev–Trinajstić information content (AvgIpc) is 3.00. The van der Waals surface area contributed by atoms with Crippen LogP contribution < -0.4 is 5.32 Å². The molecule has 1 atom stereocenters. The van der Waals surface area contributed by atoms with Gasteiger partial charge in [-0.2, -0.15) is 0 Å². The van der Waals surface area contributed by atoms with E-state index < -0.39 is 22.8 Å². The molecule has 0 aromatic heterocycles. The molecule has 3 amide bonds. The molecule has 1 fully saturated rings. The summed E-state index contributed by atoms with van der Waals surface area (Å²) in [5.41, 5.74) is 2.42. The second-order valence-corrected chi connectivity index (χ2v) is 9.05. The summed E-state index contributed by atoms with van der Waals surface area (Å²) in [4.78, 5) is 44.5. The first-order valence-corrected chi connectivity index (χ1v) is 11.0. The Morgan fingerprint density at radius 1 is 1.15 bits per heavy atom. The minimum absolute atomic E-state index is 0.0741. The van der Waals surface area contributed by atoms with Crippen molar-refractivity contribution in [1.29, 1.82) is 0 Å². The first kappa shape index (κ1) is 24.4. The summed E-state index contributed by atoms with van der Waals surface area (Å²) in [6.07, 6.45) is -0.158. The highest BCUT2D eigenvalue weighted by Crippen LogP contribution is 2.33. The molecule has 0 spiro atoms. The monoisotopic (exact) mass is 474 g/mol. The lowest BCUT2D eigenvalue weighted by molar-refractivity contribution is -0.135. The Balaban J connectivity index is 1.82. The van der Waals surface area contributed by atoms with Crippen molar-refractivity contribution in [3.63, 3.8) is 0 Å². The molecule has 3 rings (SSSR count). The molecule has 7 nitrogen and oxygen atoms in total. The highest BCUT2D eigenvalue weighted by atomic mass is 32.2. The zero-order valence-corrected chi connectivity index (χ0v) is 19.5. The van der Waals surface area contributed by atoms with E-state index >= 15 is 0 Å². The van der Waals surface area contributed by atoms with Gasteiger partial charge in [-0.25, -0.2) is 13.8 Å². The zero-order valence-electron chi connectivity index (χ0n) is 18.7. The standard InChI is InChI=1S/C23H24F2N4O3S/c1-13-5-7-17(14(2)9-13)26-20(30)11-19-22(32)29(12-21(31)28(3)4)23(33-19)27-18-8-6-15(24)10-16(18)25/h5-10,19H,11-12H2,1-4H3,(H,26,30). The van der Waals surface area contributed by atoms with E-state index in [1.165, 1.54) is 4.90 Å². The van der Waals surface area contributed by atoms with Crippen molar-refractivity contribution in [2.75, 3.05) is 26.0 Å². The molecule has 0 aliphatic carbocycles. The van der Waals surface area contributed by atoms with Gasteiger partial charge in [0.2, 0.25) is 17.7 Å². The fraction of sp³-hybridized carbons (Fsp3) is 0.304. The van der Waals surface area contributed by atoms with Gasteiger partial charge in [-0.05, 0) is 37.6 Å². The summed E-state index contributed by atoms with van der Waals surface area (Å²) < 4.78 is 27.4. The summed E-state index contributed by atoms with van der Waals surface area (Å²) in [5, 5.41) is 2.03. The molecule has 1 aliphatic heterocycles. The lowest BCUT2D eigenvalue weighted by atomic mass is 10.1. The number of hydrogen-bond acceptors (Lipinski definition) is 5. The summed E-state index contributed by atoms with van der Waals surface area (Å²) in [6, 6.07) is 8.47. The van der Waals surface area contributed by atoms with Gasteiger partial charge in [0.05, 0.1) is 0 Å². The predicted octanol–water partition coefficient (Wildman–Crippen LogP) is 3.63. The second-order valence-electron chi connectivity index (χ2n) is 7.88. The topological polar surface area (TPSA) is 82.1 Å². The van der Waals surface area contributed by atoms with Crippen molar-refractivity contribution >= 4 is 46.0 Å². The van der Waals surface area contributed by atoms with Crippen LogP contribution in [0, 0.1) is 25.5 Å². The van der Waals surface area contributed by atoms with E-state index in [1.807, 2.05) is 26.0 Å². The number of aryl methyl sites for hydroxylation is 2. The van der Waals surface area contributed by atoms with E-state index in [1.54, 1.807) is 20.2 Å². The quantitative estimate of drug-likeness (QED) is 0.693. The Morgan fingerprint density at radius 2 is 1.88 bits per heavy atom. The predicted molar refractivity (Wildman–Crippen MR) is 124 cm³/mol. The van der Waals surface area contributed by atoms with Crippen LogP contribution in [-0.2, 0) is 14.4 Å². The van der Waals surface area contributed by atoms with Gasteiger partial charge in [-0.3, -0.25) is 19.3 Å². The van der Waals surface area contributed by atoms with Crippen LogP contribution in [-0.4, -0.2) is 58.6 Å². The number of nitrogens with one attached hydrogen (secondary N) is 1. The zero-order chi connectivity index (χ0) is 24.3. The van der Waals surface area contributed by atoms with Gasteiger partial charge in [-0.1, -0.05) is 29.5 Å². The van der Waals surface area contributed by atoms with Crippen molar-refractivity contribution in [2.45, 2.75) is 25.5 Å². The lowest BCUT2D eigenvalue weighted by Gasteiger charge is -2.18. The van der Waals surface area contributed by atoms with Crippen molar-refractivity contribution < 1.29 is 23.2 Å². The van der Waals surface area contributed by atoms with Crippen molar-refractivity contribution in [1.82, 2.24) is 9.80 Å². The third kappa shape index (κ3) is 5.95. The molecule has 10 heteroatoms. The van der Waals surface area contributed by atoms with Gasteiger partial charge in [0.1, 0.15) is 23.3 Å². The molecular weight excluding hydrogens is 450 g/mol. The van der Waals surface area contributed by atoms with Crippen molar-refractivity contribution in [3.8, 4) is 0 Å². The molecule has 1 unspecified atom stereocenters. The van der Waals surface area contributed by atoms with Crippen LogP contribution in [0.25, 0.3) is 0 Å². The summed E-state index contributed by atoms with van der Waals surface area (Å²) >= 11 is 0.968. The van der Waals surface area contributed by atoms with Crippen molar-refractivity contribution in [3.05, 3.63) is 59.2 Å². The average molecular weight is 475 g/mol. The van der Waals surface area contributed by atoms with Crippen LogP contribution in [0.1, 0.15) is 17.5 Å². The molecule has 2 aromatic carbocycles. The minimum Gasteiger partial charge on any atom is -0.347 e. The molecule has 1 N–H and O–H groups in total. The number of hydrogen-bond donors (Lipinski definition) is 1.